The van der Waals surface area contributed by atoms with E-state index in [9.17, 15) is 19.2 Å². The molecule has 272 valence electrons. The van der Waals surface area contributed by atoms with E-state index < -0.39 is 17.4 Å². The van der Waals surface area contributed by atoms with Gasteiger partial charge in [-0.05, 0) is 60.6 Å². The van der Waals surface area contributed by atoms with E-state index in [0.29, 0.717) is 57.3 Å². The van der Waals surface area contributed by atoms with Crippen LogP contribution in [0.1, 0.15) is 36.1 Å². The quantitative estimate of drug-likeness (QED) is 0.0769. The Morgan fingerprint density at radius 1 is 0.704 bits per heavy atom. The van der Waals surface area contributed by atoms with Crippen LogP contribution in [0.3, 0.4) is 0 Å². The Labute approximate surface area is 340 Å². The van der Waals surface area contributed by atoms with Crippen molar-refractivity contribution in [2.45, 2.75) is 32.5 Å². The van der Waals surface area contributed by atoms with Crippen LogP contribution in [0.25, 0.3) is 19.2 Å². The van der Waals surface area contributed by atoms with Crippen LogP contribution in [-0.4, -0.2) is 65.4 Å². The van der Waals surface area contributed by atoms with E-state index in [1.54, 1.807) is 6.07 Å². The van der Waals surface area contributed by atoms with E-state index in [2.05, 4.69) is 4.99 Å². The Morgan fingerprint density at radius 3 is 1.69 bits per heavy atom. The Balaban J connectivity index is 1.29. The van der Waals surface area contributed by atoms with Crippen LogP contribution in [0.4, 0.5) is 10.0 Å². The molecular weight excluding hydrogens is 821 g/mol. The van der Waals surface area contributed by atoms with Crippen molar-refractivity contribution in [3.63, 3.8) is 0 Å². The fourth-order valence-corrected chi connectivity index (χ4v) is 12.8. The molecule has 0 atom stereocenters. The molecule has 0 N–H and O–H groups in total. The lowest BCUT2D eigenvalue weighted by Gasteiger charge is -2.26. The molecule has 10 nitrogen and oxygen atoms in total. The van der Waals surface area contributed by atoms with Gasteiger partial charge in [-0.3, -0.25) is 29.0 Å². The second-order valence-electron chi connectivity index (χ2n) is 12.0. The predicted molar refractivity (Wildman–Crippen MR) is 226 cm³/mol. The van der Waals surface area contributed by atoms with E-state index >= 15 is 0 Å². The maximum Gasteiger partial charge on any atom is 0.333 e. The fraction of sp³-hybridized carbons (Fsp3) is 0.189. The highest BCUT2D eigenvalue weighted by atomic mass is 32.2. The van der Waals surface area contributed by atoms with Gasteiger partial charge < -0.3 is 9.47 Å². The number of carbonyl (C=O) groups excluding carboxylic acids is 4. The number of thioether (sulfide) groups is 2. The van der Waals surface area contributed by atoms with Crippen LogP contribution < -0.4 is 0 Å². The molecule has 8 rings (SSSR count). The summed E-state index contributed by atoms with van der Waals surface area (Å²) in [7, 11) is 0. The molecule has 0 saturated carbocycles. The van der Waals surface area contributed by atoms with Gasteiger partial charge in [-0.1, -0.05) is 85.1 Å². The maximum atomic E-state index is 14.9. The lowest BCUT2D eigenvalue weighted by atomic mass is 9.79. The van der Waals surface area contributed by atoms with Crippen molar-refractivity contribution in [2.24, 2.45) is 9.98 Å². The van der Waals surface area contributed by atoms with Gasteiger partial charge in [0.15, 0.2) is 10.1 Å². The van der Waals surface area contributed by atoms with Crippen molar-refractivity contribution in [1.29, 1.82) is 0 Å². The molecule has 2 amide bonds. The van der Waals surface area contributed by atoms with Gasteiger partial charge in [0.2, 0.25) is 5.41 Å². The summed E-state index contributed by atoms with van der Waals surface area (Å²) in [5, 5.41) is 1.42. The molecule has 54 heavy (non-hydrogen) atoms. The summed E-state index contributed by atoms with van der Waals surface area (Å²) in [5.74, 6) is -2.18. The van der Waals surface area contributed by atoms with E-state index in [1.165, 1.54) is 43.8 Å². The first-order chi connectivity index (χ1) is 26.1. The highest BCUT2D eigenvalue weighted by Crippen LogP contribution is 2.62. The molecule has 5 aromatic rings. The van der Waals surface area contributed by atoms with E-state index in [0.717, 1.165) is 39.4 Å². The number of thiophene rings is 3. The lowest BCUT2D eigenvalue weighted by Crippen LogP contribution is -2.45. The van der Waals surface area contributed by atoms with Gasteiger partial charge in [-0.25, -0.2) is 9.98 Å². The number of esters is 2. The fourth-order valence-electron chi connectivity index (χ4n) is 6.26. The molecule has 3 aliphatic rings. The minimum atomic E-state index is -2.05. The molecule has 2 aliphatic heterocycles. The zero-order chi connectivity index (χ0) is 37.7. The maximum absolute atomic E-state index is 14.9. The number of nitrogens with zero attached hydrogens (tertiary/aromatic N) is 4. The van der Waals surface area contributed by atoms with Gasteiger partial charge in [-0.15, -0.1) is 34.0 Å². The number of fused-ring (bicyclic) bond motifs is 5. The molecule has 0 radical (unpaired) electrons. The number of ether oxygens (including phenoxy) is 2. The second kappa shape index (κ2) is 14.9. The van der Waals surface area contributed by atoms with Crippen molar-refractivity contribution in [1.82, 2.24) is 9.80 Å². The van der Waals surface area contributed by atoms with Gasteiger partial charge in [-0.2, -0.15) is 0 Å². The Kier molecular flexibility index (Phi) is 10.1. The van der Waals surface area contributed by atoms with Gasteiger partial charge in [0.25, 0.3) is 11.8 Å². The third-order valence-electron chi connectivity index (χ3n) is 8.81. The highest BCUT2D eigenvalue weighted by Gasteiger charge is 2.61. The molecule has 0 bridgehead atoms. The van der Waals surface area contributed by atoms with Gasteiger partial charge in [0, 0.05) is 28.9 Å². The smallest absolute Gasteiger partial charge is 0.333 e. The van der Waals surface area contributed by atoms with Gasteiger partial charge in [0.1, 0.15) is 31.9 Å². The topological polar surface area (TPSA) is 118 Å². The number of hydrogen-bond donors (Lipinski definition) is 0. The minimum Gasteiger partial charge on any atom is -0.459 e. The largest absolute Gasteiger partial charge is 0.459 e. The van der Waals surface area contributed by atoms with E-state index in [-0.39, 0.29) is 35.1 Å². The molecule has 1 aliphatic carbocycles. The average molecular weight is 847 g/mol. The van der Waals surface area contributed by atoms with Crippen LogP contribution in [0.5, 0.6) is 0 Å². The molecule has 2 fully saturated rings. The Bertz CT molecular complexity index is 2410. The Hall–Kier alpha value is -4.10. The number of carbonyl (C=O) groups is 4. The lowest BCUT2D eigenvalue weighted by molar-refractivity contribution is -0.164. The van der Waals surface area contributed by atoms with Crippen molar-refractivity contribution in [2.75, 3.05) is 13.1 Å². The zero-order valence-corrected chi connectivity index (χ0v) is 34.1. The molecule has 2 saturated heterocycles. The van der Waals surface area contributed by atoms with E-state index in [4.69, 9.17) is 38.9 Å². The minimum absolute atomic E-state index is 0.0867. The molecule has 2 aromatic carbocycles. The summed E-state index contributed by atoms with van der Waals surface area (Å²) in [6.07, 6.45) is 0. The van der Waals surface area contributed by atoms with Crippen LogP contribution in [0.15, 0.2) is 82.8 Å². The summed E-state index contributed by atoms with van der Waals surface area (Å²) in [6.45, 7) is 4.35. The first-order valence-electron chi connectivity index (χ1n) is 16.5. The first kappa shape index (κ1) is 36.9. The normalized spacial score (nSPS) is 17.7. The molecule has 3 aromatic heterocycles. The van der Waals surface area contributed by atoms with Crippen molar-refractivity contribution in [3.8, 4) is 9.75 Å². The average Bonchev–Trinajstić information content (AvgIpc) is 3.99. The summed E-state index contributed by atoms with van der Waals surface area (Å²) in [4.78, 5) is 69.6. The third-order valence-corrected chi connectivity index (χ3v) is 15.0. The summed E-state index contributed by atoms with van der Waals surface area (Å²) in [5.41, 5.74) is 0.238. The van der Waals surface area contributed by atoms with Gasteiger partial charge >= 0.3 is 11.9 Å². The molecule has 17 heteroatoms. The van der Waals surface area contributed by atoms with Gasteiger partial charge in [0.05, 0.1) is 14.5 Å². The van der Waals surface area contributed by atoms with Crippen LogP contribution >= 0.6 is 82.0 Å². The molecule has 5 heterocycles. The number of aliphatic imine (C=N–C) groups is 2. The zero-order valence-electron chi connectivity index (χ0n) is 28.4. The molecule has 0 spiro atoms. The SMILES string of the molecule is CCN1C(=O)/C(=N/c2cc3c(s2)-c2sc4cc(/N=C5\SC(=S)N(CC)C5=O)sc4c2C3(C(=O)OCc2ccccc2)C(=O)OCc2ccccc2)SC1=S. The summed E-state index contributed by atoms with van der Waals surface area (Å²) < 4.78 is 14.4. The molecular formula is C37H26N4O6S7. The van der Waals surface area contributed by atoms with Crippen LogP contribution in [-0.2, 0) is 47.3 Å². The van der Waals surface area contributed by atoms with Crippen LogP contribution in [0, 0.1) is 0 Å². The Morgan fingerprint density at radius 2 is 1.20 bits per heavy atom. The monoisotopic (exact) mass is 846 g/mol. The third kappa shape index (κ3) is 6.24. The standard InChI is InChI=1S/C37H26N4O6S7/c1-3-40-31(42)29(53-35(40)48)38-23-15-21-26(51-23)28-25(27-22(50-28)16-24(52-27)39-30-32(43)41(4-2)36(49)54-30)37(21,33(44)46-17-19-11-7-5-8-12-19)34(45)47-18-20-13-9-6-10-14-20/h5-16H,3-4,17-18H2,1-2H3/b38-29-,39-30-. The van der Waals surface area contributed by atoms with Crippen molar-refractivity contribution in [3.05, 3.63) is 95.1 Å². The number of amides is 2. The summed E-state index contributed by atoms with van der Waals surface area (Å²) in [6, 6.07) is 21.9. The molecule has 0 unspecified atom stereocenters. The highest BCUT2D eigenvalue weighted by molar-refractivity contribution is 8.35. The number of thiocarbonyl (C=S) groups is 2. The first-order valence-corrected chi connectivity index (χ1v) is 21.4. The van der Waals surface area contributed by atoms with E-state index in [1.807, 2.05) is 80.6 Å². The predicted octanol–water partition coefficient (Wildman–Crippen LogP) is 8.60. The van der Waals surface area contributed by atoms with Crippen molar-refractivity contribution < 1.29 is 28.7 Å². The summed E-state index contributed by atoms with van der Waals surface area (Å²) >= 11 is 17.0. The number of hydrogen-bond acceptors (Lipinski definition) is 15. The number of rotatable bonds is 10. The van der Waals surface area contributed by atoms with Crippen LogP contribution in [0.2, 0.25) is 0 Å². The van der Waals surface area contributed by atoms with Crippen molar-refractivity contribution >= 4 is 144 Å². The second-order valence-corrected chi connectivity index (χ2v) is 18.3. The number of benzene rings is 2.